The van der Waals surface area contributed by atoms with E-state index in [4.69, 9.17) is 9.47 Å². The van der Waals surface area contributed by atoms with Gasteiger partial charge in [-0.1, -0.05) is 75.5 Å². The van der Waals surface area contributed by atoms with Crippen molar-refractivity contribution in [1.82, 2.24) is 0 Å². The zero-order valence-corrected chi connectivity index (χ0v) is 17.1. The molecule has 0 saturated heterocycles. The van der Waals surface area contributed by atoms with Crippen molar-refractivity contribution in [3.8, 4) is 0 Å². The van der Waals surface area contributed by atoms with Gasteiger partial charge in [-0.2, -0.15) is 0 Å². The Morgan fingerprint density at radius 2 is 1.10 bits per heavy atom. The molecule has 29 heavy (non-hydrogen) atoms. The molecule has 0 saturated carbocycles. The Morgan fingerprint density at radius 3 is 1.41 bits per heavy atom. The van der Waals surface area contributed by atoms with Crippen molar-refractivity contribution in [3.63, 3.8) is 0 Å². The van der Waals surface area contributed by atoms with Crippen LogP contribution in [0.25, 0.3) is 0 Å². The van der Waals surface area contributed by atoms with Gasteiger partial charge < -0.3 is 9.47 Å². The molecule has 0 aliphatic rings. The molecule has 2 aromatic carbocycles. The summed E-state index contributed by atoms with van der Waals surface area (Å²) in [6.07, 6.45) is 3.69. The number of esters is 2. The first-order chi connectivity index (χ1) is 13.9. The largest absolute Gasteiger partial charge is 0.462 e. The summed E-state index contributed by atoms with van der Waals surface area (Å²) in [5, 5.41) is 0. The zero-order chi connectivity index (χ0) is 21.3. The first kappa shape index (κ1) is 22.2. The summed E-state index contributed by atoms with van der Waals surface area (Å²) in [7, 11) is 0. The second-order valence-electron chi connectivity index (χ2n) is 7.26. The van der Waals surface area contributed by atoms with Crippen LogP contribution in [0.15, 0.2) is 73.8 Å². The molecule has 2 aromatic rings. The van der Waals surface area contributed by atoms with Crippen molar-refractivity contribution < 1.29 is 19.1 Å². The summed E-state index contributed by atoms with van der Waals surface area (Å²) in [6.45, 7) is 11.8. The zero-order valence-electron chi connectivity index (χ0n) is 17.1. The second-order valence-corrected chi connectivity index (χ2v) is 7.26. The van der Waals surface area contributed by atoms with Crippen LogP contribution in [0.1, 0.15) is 36.1 Å². The molecule has 0 aliphatic heterocycles. The minimum absolute atomic E-state index is 0.151. The maximum Gasteiger partial charge on any atom is 0.330 e. The Bertz CT molecular complexity index is 774. The van der Waals surface area contributed by atoms with Crippen molar-refractivity contribution in [2.24, 2.45) is 0 Å². The normalized spacial score (nSPS) is 10.8. The summed E-state index contributed by atoms with van der Waals surface area (Å²) >= 11 is 0. The highest BCUT2D eigenvalue weighted by molar-refractivity contribution is 5.81. The van der Waals surface area contributed by atoms with Gasteiger partial charge in [-0.15, -0.1) is 0 Å². The van der Waals surface area contributed by atoms with Crippen LogP contribution in [0.3, 0.4) is 0 Å². The number of ether oxygens (including phenoxy) is 2. The van der Waals surface area contributed by atoms with Crippen molar-refractivity contribution in [2.75, 3.05) is 13.2 Å². The number of carbonyl (C=O) groups is 2. The van der Waals surface area contributed by atoms with E-state index in [-0.39, 0.29) is 5.41 Å². The van der Waals surface area contributed by atoms with Gasteiger partial charge in [0.1, 0.15) is 0 Å². The van der Waals surface area contributed by atoms with E-state index < -0.39 is 11.9 Å². The van der Waals surface area contributed by atoms with Crippen LogP contribution in [0, 0.1) is 0 Å². The Morgan fingerprint density at radius 1 is 0.759 bits per heavy atom. The number of hydrogen-bond donors (Lipinski definition) is 0. The van der Waals surface area contributed by atoms with Crippen LogP contribution in [-0.4, -0.2) is 25.2 Å². The van der Waals surface area contributed by atoms with Crippen LogP contribution < -0.4 is 0 Å². The molecule has 0 spiro atoms. The topological polar surface area (TPSA) is 52.6 Å². The molecule has 0 fully saturated rings. The highest BCUT2D eigenvalue weighted by Gasteiger charge is 2.22. The lowest BCUT2D eigenvalue weighted by molar-refractivity contribution is -0.138. The van der Waals surface area contributed by atoms with Crippen LogP contribution in [0.4, 0.5) is 0 Å². The van der Waals surface area contributed by atoms with Gasteiger partial charge in [-0.25, -0.2) is 9.59 Å². The third-order valence-corrected chi connectivity index (χ3v) is 4.95. The maximum absolute atomic E-state index is 11.1. The van der Waals surface area contributed by atoms with E-state index in [1.54, 1.807) is 0 Å². The van der Waals surface area contributed by atoms with E-state index in [2.05, 4.69) is 75.5 Å². The molecule has 152 valence electrons. The van der Waals surface area contributed by atoms with Crippen molar-refractivity contribution in [2.45, 2.75) is 32.1 Å². The quantitative estimate of drug-likeness (QED) is 0.439. The maximum atomic E-state index is 11.1. The Labute approximate surface area is 172 Å². The minimum atomic E-state index is -0.398. The van der Waals surface area contributed by atoms with Crippen LogP contribution >= 0.6 is 0 Å². The number of carbonyl (C=O) groups excluding carboxylic acids is 2. The predicted octanol–water partition coefficient (Wildman–Crippen LogP) is 4.56. The van der Waals surface area contributed by atoms with Gasteiger partial charge in [0, 0.05) is 30.4 Å². The van der Waals surface area contributed by atoms with E-state index in [0.717, 1.165) is 11.1 Å². The minimum Gasteiger partial charge on any atom is -0.462 e. The molecule has 0 N–H and O–H groups in total. The lowest BCUT2D eigenvalue weighted by Gasteiger charge is -2.26. The fraction of sp³-hybridized carbons (Fsp3) is 0.280. The van der Waals surface area contributed by atoms with Gasteiger partial charge in [0.25, 0.3) is 0 Å². The molecule has 0 heterocycles. The highest BCUT2D eigenvalue weighted by atomic mass is 16.5. The van der Waals surface area contributed by atoms with E-state index >= 15 is 0 Å². The monoisotopic (exact) mass is 392 g/mol. The average Bonchev–Trinajstić information content (AvgIpc) is 2.74. The first-order valence-corrected chi connectivity index (χ1v) is 9.64. The molecule has 4 heteroatoms. The van der Waals surface area contributed by atoms with Crippen LogP contribution in [0.2, 0.25) is 0 Å². The van der Waals surface area contributed by atoms with E-state index in [9.17, 15) is 9.59 Å². The predicted molar refractivity (Wildman–Crippen MR) is 115 cm³/mol. The second kappa shape index (κ2) is 10.4. The molecular formula is C25H28O4. The van der Waals surface area contributed by atoms with Gasteiger partial charge in [0.2, 0.25) is 0 Å². The molecule has 2 rings (SSSR count). The summed E-state index contributed by atoms with van der Waals surface area (Å²) in [5.74, 6) is -0.796. The van der Waals surface area contributed by atoms with Crippen molar-refractivity contribution in [1.29, 1.82) is 0 Å². The Kier molecular flexibility index (Phi) is 7.96. The van der Waals surface area contributed by atoms with Crippen molar-refractivity contribution >= 4 is 11.9 Å². The number of hydrogen-bond acceptors (Lipinski definition) is 4. The van der Waals surface area contributed by atoms with Crippen molar-refractivity contribution in [3.05, 3.63) is 96.1 Å². The SMILES string of the molecule is C=CC(=O)OCCc1ccc(C(C)(C)c2ccc(CCOC(=O)C=C)cc2)cc1. The summed E-state index contributed by atoms with van der Waals surface area (Å²) in [6, 6.07) is 16.8. The first-order valence-electron chi connectivity index (χ1n) is 9.64. The van der Waals surface area contributed by atoms with Gasteiger partial charge >= 0.3 is 11.9 Å². The lowest BCUT2D eigenvalue weighted by atomic mass is 9.77. The highest BCUT2D eigenvalue weighted by Crippen LogP contribution is 2.31. The van der Waals surface area contributed by atoms with Gasteiger partial charge in [-0.3, -0.25) is 0 Å². The van der Waals surface area contributed by atoms with E-state index in [1.165, 1.54) is 23.3 Å². The fourth-order valence-corrected chi connectivity index (χ4v) is 3.00. The third-order valence-electron chi connectivity index (χ3n) is 4.95. The summed E-state index contributed by atoms with van der Waals surface area (Å²) in [5.41, 5.74) is 4.49. The van der Waals surface area contributed by atoms with E-state index in [0.29, 0.717) is 26.1 Å². The summed E-state index contributed by atoms with van der Waals surface area (Å²) in [4.78, 5) is 22.2. The molecule has 0 bridgehead atoms. The molecule has 0 aromatic heterocycles. The van der Waals surface area contributed by atoms with Gasteiger partial charge in [-0.05, 0) is 22.3 Å². The van der Waals surface area contributed by atoms with E-state index in [1.807, 2.05) is 0 Å². The Hall–Kier alpha value is -3.14. The van der Waals surface area contributed by atoms with Gasteiger partial charge in [0.15, 0.2) is 0 Å². The number of rotatable bonds is 10. The van der Waals surface area contributed by atoms with Crippen LogP contribution in [0.5, 0.6) is 0 Å². The van der Waals surface area contributed by atoms with Gasteiger partial charge in [0.05, 0.1) is 13.2 Å². The smallest absolute Gasteiger partial charge is 0.330 e. The summed E-state index contributed by atoms with van der Waals surface area (Å²) < 4.78 is 10.1. The lowest BCUT2D eigenvalue weighted by Crippen LogP contribution is -2.19. The number of benzene rings is 2. The molecular weight excluding hydrogens is 364 g/mol. The molecule has 0 atom stereocenters. The average molecular weight is 392 g/mol. The molecule has 4 nitrogen and oxygen atoms in total. The van der Waals surface area contributed by atoms with Crippen LogP contribution in [-0.2, 0) is 37.3 Å². The molecule has 0 amide bonds. The molecule has 0 aliphatic carbocycles. The third kappa shape index (κ3) is 6.46. The Balaban J connectivity index is 1.98. The molecule has 0 radical (unpaired) electrons. The fourth-order valence-electron chi connectivity index (χ4n) is 3.00. The standard InChI is InChI=1S/C25H28O4/c1-5-23(26)28-17-15-19-7-11-21(12-8-19)25(3,4)22-13-9-20(10-14-22)16-18-29-24(27)6-2/h5-14H,1-2,15-18H2,3-4H3. The molecule has 0 unspecified atom stereocenters.